The number of hydrogen-bond acceptors (Lipinski definition) is 5. The number of nitrogens with one attached hydrogen (secondary N) is 2. The topological polar surface area (TPSA) is 71.8 Å². The monoisotopic (exact) mass is 273 g/mol. The van der Waals surface area contributed by atoms with Crippen molar-refractivity contribution < 1.29 is 0 Å². The number of hydrazine groups is 1. The lowest BCUT2D eigenvalue weighted by molar-refractivity contribution is 0.759. The number of aryl methyl sites for hydroxylation is 1. The second-order valence-corrected chi connectivity index (χ2v) is 4.38. The molecule has 2 aromatic rings. The summed E-state index contributed by atoms with van der Waals surface area (Å²) in [6.07, 6.45) is 0.879. The van der Waals surface area contributed by atoms with Crippen molar-refractivity contribution in [1.29, 1.82) is 0 Å². The molecule has 1 aromatic carbocycles. The van der Waals surface area contributed by atoms with Gasteiger partial charge in [0.15, 0.2) is 0 Å². The molecule has 0 unspecified atom stereocenters. The normalized spacial score (nSPS) is 10.6. The summed E-state index contributed by atoms with van der Waals surface area (Å²) in [5.74, 6) is 0.902. The zero-order chi connectivity index (χ0) is 14.5. The molecule has 0 spiro atoms. The predicted molar refractivity (Wildman–Crippen MR) is 79.4 cm³/mol. The van der Waals surface area contributed by atoms with Gasteiger partial charge in [0.2, 0.25) is 5.95 Å². The number of nitrogens with zero attached hydrogens (tertiary/aromatic N) is 3. The zero-order valence-electron chi connectivity index (χ0n) is 12.0. The fourth-order valence-corrected chi connectivity index (χ4v) is 1.97. The van der Waals surface area contributed by atoms with Gasteiger partial charge in [0.25, 0.3) is 0 Å². The van der Waals surface area contributed by atoms with E-state index < -0.39 is 0 Å². The molecule has 0 amide bonds. The van der Waals surface area contributed by atoms with Crippen LogP contribution in [-0.4, -0.2) is 21.1 Å². The molecule has 2 N–H and O–H groups in total. The van der Waals surface area contributed by atoms with Gasteiger partial charge < -0.3 is 0 Å². The van der Waals surface area contributed by atoms with Gasteiger partial charge in [0, 0.05) is 19.2 Å². The van der Waals surface area contributed by atoms with E-state index in [2.05, 4.69) is 27.7 Å². The molecule has 0 saturated carbocycles. The van der Waals surface area contributed by atoms with E-state index in [0.29, 0.717) is 12.4 Å². The first-order chi connectivity index (χ1) is 9.67. The van der Waals surface area contributed by atoms with Crippen LogP contribution in [0.2, 0.25) is 0 Å². The minimum atomic E-state index is -0.332. The van der Waals surface area contributed by atoms with Gasteiger partial charge in [0.05, 0.1) is 0 Å². The van der Waals surface area contributed by atoms with Crippen LogP contribution >= 0.6 is 0 Å². The molecule has 0 atom stereocenters. The summed E-state index contributed by atoms with van der Waals surface area (Å²) in [5.41, 5.74) is 7.49. The van der Waals surface area contributed by atoms with Crippen molar-refractivity contribution in [2.75, 3.05) is 12.0 Å². The maximum atomic E-state index is 11.9. The van der Waals surface area contributed by atoms with E-state index in [9.17, 15) is 4.79 Å². The van der Waals surface area contributed by atoms with Gasteiger partial charge in [-0.1, -0.05) is 38.1 Å². The van der Waals surface area contributed by atoms with E-state index >= 15 is 0 Å². The summed E-state index contributed by atoms with van der Waals surface area (Å²) in [4.78, 5) is 20.2. The molecule has 20 heavy (non-hydrogen) atoms. The second kappa shape index (κ2) is 6.29. The van der Waals surface area contributed by atoms with Crippen molar-refractivity contribution in [3.05, 3.63) is 40.3 Å². The molecule has 2 rings (SSSR count). The van der Waals surface area contributed by atoms with Crippen LogP contribution in [-0.2, 0) is 13.5 Å². The highest BCUT2D eigenvalue weighted by Gasteiger charge is 2.11. The number of aromatic nitrogens is 3. The Balaban J connectivity index is 2.55. The van der Waals surface area contributed by atoms with Crippen LogP contribution in [0.4, 0.5) is 5.95 Å². The molecule has 0 aliphatic carbocycles. The van der Waals surface area contributed by atoms with Crippen LogP contribution in [0.25, 0.3) is 11.4 Å². The van der Waals surface area contributed by atoms with Gasteiger partial charge in [-0.2, -0.15) is 9.97 Å². The summed E-state index contributed by atoms with van der Waals surface area (Å²) in [6, 6.07) is 7.94. The van der Waals surface area contributed by atoms with Gasteiger partial charge >= 0.3 is 5.69 Å². The van der Waals surface area contributed by atoms with Crippen molar-refractivity contribution in [3.63, 3.8) is 0 Å². The van der Waals surface area contributed by atoms with Crippen LogP contribution < -0.4 is 16.5 Å². The van der Waals surface area contributed by atoms with Crippen molar-refractivity contribution in [2.45, 2.75) is 20.3 Å². The lowest BCUT2D eigenvalue weighted by Gasteiger charge is -2.12. The molecule has 106 valence electrons. The maximum absolute atomic E-state index is 11.9. The molecule has 0 aliphatic rings. The number of hydrogen-bond donors (Lipinski definition) is 2. The van der Waals surface area contributed by atoms with Crippen molar-refractivity contribution >= 4 is 5.95 Å². The van der Waals surface area contributed by atoms with Gasteiger partial charge in [-0.25, -0.2) is 10.2 Å². The Hall–Kier alpha value is -2.21. The number of rotatable bonds is 5. The van der Waals surface area contributed by atoms with Crippen LogP contribution in [0.15, 0.2) is 29.1 Å². The number of anilines is 1. The van der Waals surface area contributed by atoms with Gasteiger partial charge in [-0.05, 0) is 12.0 Å². The highest BCUT2D eigenvalue weighted by Crippen LogP contribution is 2.21. The number of benzene rings is 1. The van der Waals surface area contributed by atoms with E-state index in [1.165, 1.54) is 4.57 Å². The Labute approximate surface area is 117 Å². The summed E-state index contributed by atoms with van der Waals surface area (Å²) in [6.45, 7) is 4.73. The fraction of sp³-hybridized carbons (Fsp3) is 0.357. The molecule has 0 saturated heterocycles. The minimum absolute atomic E-state index is 0.288. The summed E-state index contributed by atoms with van der Waals surface area (Å²) in [7, 11) is 1.68. The van der Waals surface area contributed by atoms with Gasteiger partial charge in [0.1, 0.15) is 5.82 Å². The molecular formula is C14H19N5O. The van der Waals surface area contributed by atoms with Gasteiger partial charge in [-0.15, -0.1) is 0 Å². The first-order valence-electron chi connectivity index (χ1n) is 6.69. The Morgan fingerprint density at radius 3 is 2.65 bits per heavy atom. The predicted octanol–water partition coefficient (Wildman–Crippen LogP) is 1.34. The maximum Gasteiger partial charge on any atom is 0.352 e. The Morgan fingerprint density at radius 2 is 1.95 bits per heavy atom. The van der Waals surface area contributed by atoms with E-state index in [4.69, 9.17) is 0 Å². The van der Waals surface area contributed by atoms with Crippen molar-refractivity contribution in [2.24, 2.45) is 7.05 Å². The Kier molecular flexibility index (Phi) is 4.47. The van der Waals surface area contributed by atoms with Crippen LogP contribution in [0, 0.1) is 0 Å². The lowest BCUT2D eigenvalue weighted by Crippen LogP contribution is -2.29. The van der Waals surface area contributed by atoms with Crippen molar-refractivity contribution in [3.8, 4) is 11.4 Å². The Bertz CT molecular complexity index is 650. The zero-order valence-corrected chi connectivity index (χ0v) is 12.0. The molecule has 0 bridgehead atoms. The van der Waals surface area contributed by atoms with Crippen molar-refractivity contribution in [1.82, 2.24) is 20.0 Å². The smallest absolute Gasteiger partial charge is 0.289 e. The molecular weight excluding hydrogens is 254 g/mol. The third-order valence-electron chi connectivity index (χ3n) is 3.03. The Morgan fingerprint density at radius 1 is 1.20 bits per heavy atom. The SMILES string of the molecule is CCNNc1nc(-c2ccccc2CC)n(C)c(=O)n1. The molecule has 0 fully saturated rings. The second-order valence-electron chi connectivity index (χ2n) is 4.38. The average molecular weight is 273 g/mol. The molecule has 6 nitrogen and oxygen atoms in total. The van der Waals surface area contributed by atoms with E-state index in [1.54, 1.807) is 7.05 Å². The molecule has 1 heterocycles. The first-order valence-corrected chi connectivity index (χ1v) is 6.69. The minimum Gasteiger partial charge on any atom is -0.289 e. The van der Waals surface area contributed by atoms with Crippen LogP contribution in [0.1, 0.15) is 19.4 Å². The van der Waals surface area contributed by atoms with Crippen LogP contribution in [0.5, 0.6) is 0 Å². The van der Waals surface area contributed by atoms with Crippen LogP contribution in [0.3, 0.4) is 0 Å². The quantitative estimate of drug-likeness (QED) is 0.804. The average Bonchev–Trinajstić information content (AvgIpc) is 2.48. The molecule has 0 radical (unpaired) electrons. The highest BCUT2D eigenvalue weighted by atomic mass is 16.1. The largest absolute Gasteiger partial charge is 0.352 e. The van der Waals surface area contributed by atoms with E-state index in [1.807, 2.05) is 31.2 Å². The third kappa shape index (κ3) is 2.85. The fourth-order valence-electron chi connectivity index (χ4n) is 1.97. The molecule has 0 aliphatic heterocycles. The van der Waals surface area contributed by atoms with E-state index in [-0.39, 0.29) is 11.6 Å². The van der Waals surface area contributed by atoms with E-state index in [0.717, 1.165) is 17.5 Å². The summed E-state index contributed by atoms with van der Waals surface area (Å²) >= 11 is 0. The molecule has 1 aromatic heterocycles. The highest BCUT2D eigenvalue weighted by molar-refractivity contribution is 5.61. The first kappa shape index (κ1) is 14.2. The summed E-state index contributed by atoms with van der Waals surface area (Å²) < 4.78 is 1.46. The standard InChI is InChI=1S/C14H19N5O/c1-4-10-8-6-7-9-11(10)12-16-13(18-15-5-2)17-14(20)19(12)3/h6-9,15H,4-5H2,1-3H3,(H,17,18,20). The third-order valence-corrected chi connectivity index (χ3v) is 3.03. The van der Waals surface area contributed by atoms with Gasteiger partial charge in [-0.3, -0.25) is 9.99 Å². The lowest BCUT2D eigenvalue weighted by atomic mass is 10.0. The summed E-state index contributed by atoms with van der Waals surface area (Å²) in [5, 5.41) is 0. The molecule has 6 heteroatoms.